The number of nitriles is 1. The number of aliphatic carboxylic acids is 1. The first kappa shape index (κ1) is 23.2. The minimum Gasteiger partial charge on any atom is -0.506 e. The predicted octanol–water partition coefficient (Wildman–Crippen LogP) is 3.11. The second-order valence-corrected chi connectivity index (χ2v) is 8.43. The molecule has 0 saturated carbocycles. The van der Waals surface area contributed by atoms with Gasteiger partial charge < -0.3 is 15.5 Å². The third-order valence-electron chi connectivity index (χ3n) is 5.37. The van der Waals surface area contributed by atoms with Crippen molar-refractivity contribution in [1.82, 2.24) is 9.88 Å². The van der Waals surface area contributed by atoms with Gasteiger partial charge in [-0.15, -0.1) is 11.8 Å². The Hall–Kier alpha value is -3.98. The number of aromatic nitrogens is 1. The van der Waals surface area contributed by atoms with Gasteiger partial charge in [0.25, 0.3) is 11.5 Å². The predicted molar refractivity (Wildman–Crippen MR) is 115 cm³/mol. The molecule has 174 valence electrons. The van der Waals surface area contributed by atoms with Crippen molar-refractivity contribution in [2.45, 2.75) is 17.1 Å². The fourth-order valence-electron chi connectivity index (χ4n) is 3.84. The summed E-state index contributed by atoms with van der Waals surface area (Å²) in [6.07, 6.45) is -4.55. The molecule has 1 atom stereocenters. The molecule has 0 saturated heterocycles. The Morgan fingerprint density at radius 2 is 1.88 bits per heavy atom. The Morgan fingerprint density at radius 3 is 2.47 bits per heavy atom. The molecule has 34 heavy (non-hydrogen) atoms. The molecule has 0 fully saturated rings. The van der Waals surface area contributed by atoms with Crippen molar-refractivity contribution < 1.29 is 33.0 Å². The lowest BCUT2D eigenvalue weighted by Gasteiger charge is -2.29. The summed E-state index contributed by atoms with van der Waals surface area (Å²) < 4.78 is 40.2. The minimum absolute atomic E-state index is 0.0362. The number of alkyl halides is 3. The first-order valence-corrected chi connectivity index (χ1v) is 10.7. The average Bonchev–Trinajstić information content (AvgIpc) is 2.80. The van der Waals surface area contributed by atoms with Crippen molar-refractivity contribution in [3.8, 4) is 11.8 Å². The van der Waals surface area contributed by atoms with Crippen LogP contribution in [0.5, 0.6) is 5.75 Å². The van der Waals surface area contributed by atoms with E-state index in [-0.39, 0.29) is 22.2 Å². The summed E-state index contributed by atoms with van der Waals surface area (Å²) in [5, 5.41) is 31.2. The molecule has 1 amide bonds. The van der Waals surface area contributed by atoms with E-state index in [1.54, 1.807) is 6.07 Å². The lowest BCUT2D eigenvalue weighted by molar-refractivity contribution is -0.138. The van der Waals surface area contributed by atoms with Crippen molar-refractivity contribution in [3.05, 3.63) is 69.0 Å². The van der Waals surface area contributed by atoms with E-state index in [1.807, 2.05) is 11.4 Å². The van der Waals surface area contributed by atoms with Crippen LogP contribution in [0.15, 0.2) is 46.1 Å². The second-order valence-electron chi connectivity index (χ2n) is 7.37. The number of hydrogen-bond acceptors (Lipinski definition) is 6. The topological polar surface area (TPSA) is 132 Å². The molecule has 1 aliphatic rings. The van der Waals surface area contributed by atoms with Crippen molar-refractivity contribution >= 4 is 34.5 Å². The number of benzene rings is 2. The molecule has 0 bridgehead atoms. The summed E-state index contributed by atoms with van der Waals surface area (Å²) >= 11 is 1.28. The zero-order valence-electron chi connectivity index (χ0n) is 17.0. The van der Waals surface area contributed by atoms with Gasteiger partial charge in [-0.25, -0.2) is 0 Å². The monoisotopic (exact) mass is 489 g/mol. The number of carbonyl (C=O) groups is 2. The molecule has 0 radical (unpaired) electrons. The molecule has 2 aromatic carbocycles. The quantitative estimate of drug-likeness (QED) is 0.513. The number of hydrogen-bond donors (Lipinski definition) is 3. The molecule has 4 rings (SSSR count). The van der Waals surface area contributed by atoms with Crippen LogP contribution >= 0.6 is 11.8 Å². The zero-order chi connectivity index (χ0) is 24.8. The fraction of sp³-hybridized carbons (Fsp3) is 0.182. The van der Waals surface area contributed by atoms with Crippen molar-refractivity contribution in [2.24, 2.45) is 0 Å². The van der Waals surface area contributed by atoms with E-state index in [9.17, 15) is 37.9 Å². The molecule has 1 aromatic heterocycles. The average molecular weight is 489 g/mol. The van der Waals surface area contributed by atoms with Gasteiger partial charge in [-0.2, -0.15) is 18.4 Å². The smallest absolute Gasteiger partial charge is 0.416 e. The Kier molecular flexibility index (Phi) is 5.74. The van der Waals surface area contributed by atoms with Crippen molar-refractivity contribution in [2.75, 3.05) is 12.3 Å². The van der Waals surface area contributed by atoms with E-state index in [0.717, 1.165) is 12.1 Å². The normalized spacial score (nSPS) is 15.1. The first-order chi connectivity index (χ1) is 16.0. The number of thioether (sulfide) groups is 1. The Labute approximate surface area is 193 Å². The maximum Gasteiger partial charge on any atom is 0.416 e. The van der Waals surface area contributed by atoms with Crippen LogP contribution in [0.4, 0.5) is 13.2 Å². The fourth-order valence-corrected chi connectivity index (χ4v) is 5.02. The van der Waals surface area contributed by atoms with Crippen LogP contribution in [-0.4, -0.2) is 39.0 Å². The zero-order valence-corrected chi connectivity index (χ0v) is 17.8. The third kappa shape index (κ3) is 3.84. The summed E-state index contributed by atoms with van der Waals surface area (Å²) in [6.45, 7) is -0.820. The first-order valence-electron chi connectivity index (χ1n) is 9.68. The summed E-state index contributed by atoms with van der Waals surface area (Å²) in [5.74, 6) is -3.09. The molecular formula is C22H14F3N3O5S. The standard InChI is InChI=1S/C22H14F3N3O5S/c23-22(24,25)12-4-1-10(2-5-12)13-9-34-14-6-3-11(7-26)16-18(14)28(13)21(33)17(19(16)31)20(32)27-8-15(29)30/h1-6,13,31H,8-9H2,(H,27,32)(H,29,30). The number of carboxylic acids is 1. The molecule has 0 aliphatic carbocycles. The molecule has 3 N–H and O–H groups in total. The maximum atomic E-state index is 13.4. The molecule has 3 aromatic rings. The van der Waals surface area contributed by atoms with Crippen LogP contribution in [0, 0.1) is 11.3 Å². The SMILES string of the molecule is N#Cc1ccc2c3c1c(O)c(C(=O)NCC(=O)O)c(=O)n3C(c1ccc(C(F)(F)F)cc1)CS2. The highest BCUT2D eigenvalue weighted by Gasteiger charge is 2.34. The van der Waals surface area contributed by atoms with Crippen LogP contribution in [0.3, 0.4) is 0 Å². The third-order valence-corrected chi connectivity index (χ3v) is 6.49. The minimum atomic E-state index is -4.55. The molecule has 0 spiro atoms. The largest absolute Gasteiger partial charge is 0.506 e. The summed E-state index contributed by atoms with van der Waals surface area (Å²) in [4.78, 5) is 37.5. The molecule has 2 heterocycles. The van der Waals surface area contributed by atoms with E-state index in [2.05, 4.69) is 0 Å². The van der Waals surface area contributed by atoms with Crippen molar-refractivity contribution in [1.29, 1.82) is 5.26 Å². The van der Waals surface area contributed by atoms with E-state index in [0.29, 0.717) is 10.5 Å². The van der Waals surface area contributed by atoms with Crippen LogP contribution in [0.2, 0.25) is 0 Å². The number of halogens is 3. The molecular weight excluding hydrogens is 475 g/mol. The molecule has 12 heteroatoms. The van der Waals surface area contributed by atoms with Gasteiger partial charge in [0, 0.05) is 10.6 Å². The van der Waals surface area contributed by atoms with E-state index >= 15 is 0 Å². The van der Waals surface area contributed by atoms with Crippen molar-refractivity contribution in [3.63, 3.8) is 0 Å². The van der Waals surface area contributed by atoms with Gasteiger partial charge in [-0.1, -0.05) is 12.1 Å². The van der Waals surface area contributed by atoms with Gasteiger partial charge >= 0.3 is 12.1 Å². The number of nitrogens with zero attached hydrogens (tertiary/aromatic N) is 2. The maximum absolute atomic E-state index is 13.4. The Balaban J connectivity index is 1.99. The molecule has 1 unspecified atom stereocenters. The summed E-state index contributed by atoms with van der Waals surface area (Å²) in [5.41, 5.74) is -2.12. The Morgan fingerprint density at radius 1 is 1.21 bits per heavy atom. The molecule has 8 nitrogen and oxygen atoms in total. The van der Waals surface area contributed by atoms with E-state index in [4.69, 9.17) is 5.11 Å². The number of rotatable bonds is 4. The number of pyridine rings is 1. The lowest BCUT2D eigenvalue weighted by Crippen LogP contribution is -2.38. The number of carboxylic acid groups (broad SMARTS) is 1. The van der Waals surface area contributed by atoms with Gasteiger partial charge in [0.05, 0.1) is 34.1 Å². The van der Waals surface area contributed by atoms with Crippen LogP contribution in [0.25, 0.3) is 10.9 Å². The van der Waals surface area contributed by atoms with Crippen LogP contribution < -0.4 is 10.9 Å². The number of carbonyl (C=O) groups excluding carboxylic acids is 1. The van der Waals surface area contributed by atoms with Gasteiger partial charge in [0.1, 0.15) is 17.9 Å². The van der Waals surface area contributed by atoms with Gasteiger partial charge in [0.2, 0.25) is 0 Å². The summed E-state index contributed by atoms with van der Waals surface area (Å²) in [7, 11) is 0. The van der Waals surface area contributed by atoms with E-state index in [1.165, 1.54) is 34.5 Å². The van der Waals surface area contributed by atoms with Gasteiger partial charge in [-0.05, 0) is 29.8 Å². The van der Waals surface area contributed by atoms with E-state index < -0.39 is 53.1 Å². The van der Waals surface area contributed by atoms with Gasteiger partial charge in [-0.3, -0.25) is 19.0 Å². The second kappa shape index (κ2) is 8.42. The summed E-state index contributed by atoms with van der Waals surface area (Å²) in [6, 6.07) is 8.27. The molecule has 1 aliphatic heterocycles. The highest BCUT2D eigenvalue weighted by Crippen LogP contribution is 2.43. The number of nitrogens with one attached hydrogen (secondary N) is 1. The highest BCUT2D eigenvalue weighted by atomic mass is 32.2. The van der Waals surface area contributed by atoms with Crippen LogP contribution in [-0.2, 0) is 11.0 Å². The lowest BCUT2D eigenvalue weighted by atomic mass is 10.0. The van der Waals surface area contributed by atoms with Gasteiger partial charge in [0.15, 0.2) is 0 Å². The number of amides is 1. The highest BCUT2D eigenvalue weighted by molar-refractivity contribution is 7.99. The number of aromatic hydroxyl groups is 1. The Bertz CT molecular complexity index is 1440. The van der Waals surface area contributed by atoms with Crippen LogP contribution in [0.1, 0.15) is 33.1 Å².